The molecule has 0 radical (unpaired) electrons. The highest BCUT2D eigenvalue weighted by atomic mass is 32.2. The van der Waals surface area contributed by atoms with Gasteiger partial charge in [-0.15, -0.1) is 0 Å². The molecule has 21 heavy (non-hydrogen) atoms. The third-order valence-corrected chi connectivity index (χ3v) is 4.43. The quantitative estimate of drug-likeness (QED) is 0.923. The van der Waals surface area contributed by atoms with Crippen molar-refractivity contribution in [1.29, 1.82) is 0 Å². The van der Waals surface area contributed by atoms with Gasteiger partial charge in [0.2, 0.25) is 10.0 Å². The Morgan fingerprint density at radius 2 is 1.81 bits per heavy atom. The van der Waals surface area contributed by atoms with Crippen LogP contribution >= 0.6 is 0 Å². The lowest BCUT2D eigenvalue weighted by molar-refractivity contribution is 0.386. The Kier molecular flexibility index (Phi) is 4.59. The summed E-state index contributed by atoms with van der Waals surface area (Å²) in [4.78, 5) is 0.182. The fourth-order valence-corrected chi connectivity index (χ4v) is 2.82. The second-order valence-corrected chi connectivity index (χ2v) is 6.37. The second-order valence-electron chi connectivity index (χ2n) is 4.61. The Bertz CT molecular complexity index is 727. The Morgan fingerprint density at radius 1 is 1.14 bits per heavy atom. The van der Waals surface area contributed by atoms with Crippen molar-refractivity contribution < 1.29 is 17.5 Å². The van der Waals surface area contributed by atoms with E-state index in [0.29, 0.717) is 5.56 Å². The third kappa shape index (κ3) is 3.80. The topological polar surface area (TPSA) is 55.4 Å². The summed E-state index contributed by atoms with van der Waals surface area (Å²) in [5, 5.41) is 0. The van der Waals surface area contributed by atoms with Crippen molar-refractivity contribution in [2.75, 3.05) is 7.11 Å². The number of methoxy groups -OCH3 is 1. The van der Waals surface area contributed by atoms with Crippen molar-refractivity contribution in [2.24, 2.45) is 0 Å². The summed E-state index contributed by atoms with van der Waals surface area (Å²) in [5.41, 5.74) is 1.50. The first kappa shape index (κ1) is 15.5. The Hall–Kier alpha value is -1.92. The summed E-state index contributed by atoms with van der Waals surface area (Å²) in [5.74, 6) is -0.398. The van der Waals surface area contributed by atoms with Crippen LogP contribution in [0, 0.1) is 12.7 Å². The summed E-state index contributed by atoms with van der Waals surface area (Å²) >= 11 is 0. The number of rotatable bonds is 5. The minimum absolute atomic E-state index is 0.0110. The van der Waals surface area contributed by atoms with Crippen molar-refractivity contribution in [3.05, 3.63) is 59.4 Å². The standard InChI is InChI=1S/C15H16FNO3S/c1-11-3-6-13(7-4-11)21(18,19)17-10-12-5-8-15(20-2)14(16)9-12/h3-9,17H,10H2,1-2H3. The summed E-state index contributed by atoms with van der Waals surface area (Å²) in [6, 6.07) is 10.8. The van der Waals surface area contributed by atoms with Crippen molar-refractivity contribution in [3.8, 4) is 5.75 Å². The molecular formula is C15H16FNO3S. The van der Waals surface area contributed by atoms with E-state index in [4.69, 9.17) is 4.74 Å². The van der Waals surface area contributed by atoms with Gasteiger partial charge >= 0.3 is 0 Å². The molecular weight excluding hydrogens is 293 g/mol. The monoisotopic (exact) mass is 309 g/mol. The molecule has 0 aliphatic rings. The number of benzene rings is 2. The molecule has 0 unspecified atom stereocenters. The largest absolute Gasteiger partial charge is 0.494 e. The van der Waals surface area contributed by atoms with Crippen molar-refractivity contribution >= 4 is 10.0 Å². The van der Waals surface area contributed by atoms with Crippen LogP contribution in [0.1, 0.15) is 11.1 Å². The van der Waals surface area contributed by atoms with Crippen molar-refractivity contribution in [1.82, 2.24) is 4.72 Å². The first-order valence-corrected chi connectivity index (χ1v) is 7.79. The summed E-state index contributed by atoms with van der Waals surface area (Å²) < 4.78 is 45.0. The van der Waals surface area contributed by atoms with E-state index >= 15 is 0 Å². The number of ether oxygens (including phenoxy) is 1. The summed E-state index contributed by atoms with van der Waals surface area (Å²) in [7, 11) is -2.23. The molecule has 0 amide bonds. The number of nitrogens with one attached hydrogen (secondary N) is 1. The zero-order valence-corrected chi connectivity index (χ0v) is 12.6. The molecule has 0 bridgehead atoms. The maximum absolute atomic E-state index is 13.5. The number of halogens is 1. The molecule has 2 rings (SSSR count). The van der Waals surface area contributed by atoms with E-state index in [-0.39, 0.29) is 17.2 Å². The fourth-order valence-electron chi connectivity index (χ4n) is 1.80. The summed E-state index contributed by atoms with van der Waals surface area (Å²) in [6.45, 7) is 1.89. The smallest absolute Gasteiger partial charge is 0.240 e. The second kappa shape index (κ2) is 6.24. The number of aryl methyl sites for hydroxylation is 1. The van der Waals surface area contributed by atoms with Crippen LogP contribution in [0.25, 0.3) is 0 Å². The Labute approximate surface area is 123 Å². The molecule has 0 aromatic heterocycles. The number of hydrogen-bond donors (Lipinski definition) is 1. The van der Waals surface area contributed by atoms with Crippen LogP contribution in [0.4, 0.5) is 4.39 Å². The van der Waals surface area contributed by atoms with Gasteiger partial charge in [0.25, 0.3) is 0 Å². The van der Waals surface area contributed by atoms with Gasteiger partial charge < -0.3 is 4.74 Å². The average Bonchev–Trinajstić information content (AvgIpc) is 2.46. The molecule has 0 spiro atoms. The van der Waals surface area contributed by atoms with Crippen LogP contribution in [0.15, 0.2) is 47.4 Å². The Morgan fingerprint density at radius 3 is 2.38 bits per heavy atom. The zero-order valence-electron chi connectivity index (χ0n) is 11.8. The lowest BCUT2D eigenvalue weighted by Gasteiger charge is -2.08. The van der Waals surface area contributed by atoms with Gasteiger partial charge in [-0.05, 0) is 36.8 Å². The molecule has 4 nitrogen and oxygen atoms in total. The van der Waals surface area contributed by atoms with Gasteiger partial charge in [0.1, 0.15) is 0 Å². The molecule has 2 aromatic rings. The van der Waals surface area contributed by atoms with E-state index in [1.54, 1.807) is 18.2 Å². The van der Waals surface area contributed by atoms with Gasteiger partial charge in [-0.25, -0.2) is 17.5 Å². The molecule has 2 aromatic carbocycles. The lowest BCUT2D eigenvalue weighted by atomic mass is 10.2. The molecule has 0 heterocycles. The number of hydrogen-bond acceptors (Lipinski definition) is 3. The lowest BCUT2D eigenvalue weighted by Crippen LogP contribution is -2.23. The van der Waals surface area contributed by atoms with E-state index in [9.17, 15) is 12.8 Å². The van der Waals surface area contributed by atoms with E-state index in [0.717, 1.165) is 5.56 Å². The third-order valence-electron chi connectivity index (χ3n) is 3.01. The van der Waals surface area contributed by atoms with E-state index < -0.39 is 15.8 Å². The molecule has 6 heteroatoms. The van der Waals surface area contributed by atoms with Gasteiger partial charge in [-0.3, -0.25) is 0 Å². The highest BCUT2D eigenvalue weighted by Crippen LogP contribution is 2.18. The molecule has 0 aliphatic heterocycles. The first-order valence-electron chi connectivity index (χ1n) is 6.31. The minimum atomic E-state index is -3.61. The van der Waals surface area contributed by atoms with E-state index in [1.807, 2.05) is 6.92 Å². The van der Waals surface area contributed by atoms with Crippen molar-refractivity contribution in [2.45, 2.75) is 18.4 Å². The molecule has 0 fully saturated rings. The van der Waals surface area contributed by atoms with Crippen LogP contribution in [0.2, 0.25) is 0 Å². The molecule has 0 saturated carbocycles. The van der Waals surface area contributed by atoms with Crippen LogP contribution in [0.3, 0.4) is 0 Å². The van der Waals surface area contributed by atoms with Gasteiger partial charge in [0.05, 0.1) is 12.0 Å². The van der Waals surface area contributed by atoms with E-state index in [2.05, 4.69) is 4.72 Å². The highest BCUT2D eigenvalue weighted by molar-refractivity contribution is 7.89. The average molecular weight is 309 g/mol. The maximum atomic E-state index is 13.5. The molecule has 0 atom stereocenters. The van der Waals surface area contributed by atoms with E-state index in [1.165, 1.54) is 31.4 Å². The minimum Gasteiger partial charge on any atom is -0.494 e. The van der Waals surface area contributed by atoms with Gasteiger partial charge in [0.15, 0.2) is 11.6 Å². The van der Waals surface area contributed by atoms with Crippen LogP contribution < -0.4 is 9.46 Å². The first-order chi connectivity index (χ1) is 9.92. The molecule has 112 valence electrons. The maximum Gasteiger partial charge on any atom is 0.240 e. The molecule has 0 aliphatic carbocycles. The number of sulfonamides is 1. The van der Waals surface area contributed by atoms with Crippen LogP contribution in [-0.4, -0.2) is 15.5 Å². The highest BCUT2D eigenvalue weighted by Gasteiger charge is 2.13. The summed E-state index contributed by atoms with van der Waals surface area (Å²) in [6.07, 6.45) is 0. The van der Waals surface area contributed by atoms with Crippen LogP contribution in [0.5, 0.6) is 5.75 Å². The van der Waals surface area contributed by atoms with Crippen LogP contribution in [-0.2, 0) is 16.6 Å². The normalized spacial score (nSPS) is 11.4. The molecule has 0 saturated heterocycles. The SMILES string of the molecule is COc1ccc(CNS(=O)(=O)c2ccc(C)cc2)cc1F. The molecule has 1 N–H and O–H groups in total. The van der Waals surface area contributed by atoms with Crippen molar-refractivity contribution in [3.63, 3.8) is 0 Å². The predicted molar refractivity (Wildman–Crippen MR) is 78.2 cm³/mol. The van der Waals surface area contributed by atoms with Gasteiger partial charge in [0, 0.05) is 6.54 Å². The predicted octanol–water partition coefficient (Wildman–Crippen LogP) is 2.62. The van der Waals surface area contributed by atoms with Gasteiger partial charge in [-0.2, -0.15) is 0 Å². The fraction of sp³-hybridized carbons (Fsp3) is 0.200. The Balaban J connectivity index is 2.11. The zero-order chi connectivity index (χ0) is 15.5. The van der Waals surface area contributed by atoms with Gasteiger partial charge in [-0.1, -0.05) is 23.8 Å².